The molecule has 0 fully saturated rings. The molecule has 0 aliphatic rings. The number of aliphatic hydroxyl groups excluding tert-OH is 1. The van der Waals surface area contributed by atoms with Gasteiger partial charge in [0.2, 0.25) is 0 Å². The molecule has 26 heavy (non-hydrogen) atoms. The number of furan rings is 1. The second-order valence-electron chi connectivity index (χ2n) is 6.07. The molecule has 0 saturated carbocycles. The number of rotatable bonds is 6. The third-order valence-corrected chi connectivity index (χ3v) is 4.09. The van der Waals surface area contributed by atoms with E-state index < -0.39 is 6.10 Å². The van der Waals surface area contributed by atoms with Crippen molar-refractivity contribution in [1.82, 2.24) is 10.6 Å². The Hall–Kier alpha value is -3.05. The van der Waals surface area contributed by atoms with Gasteiger partial charge in [0, 0.05) is 0 Å². The van der Waals surface area contributed by atoms with Crippen LogP contribution in [0.4, 0.5) is 4.79 Å². The van der Waals surface area contributed by atoms with Gasteiger partial charge in [-0.15, -0.1) is 0 Å². The molecule has 0 aliphatic carbocycles. The second-order valence-corrected chi connectivity index (χ2v) is 6.07. The van der Waals surface area contributed by atoms with Crippen LogP contribution in [0.15, 0.2) is 77.2 Å². The minimum atomic E-state index is -0.888. The molecule has 5 nitrogen and oxygen atoms in total. The third kappa shape index (κ3) is 4.52. The van der Waals surface area contributed by atoms with Crippen molar-refractivity contribution < 1.29 is 14.3 Å². The van der Waals surface area contributed by atoms with Crippen molar-refractivity contribution in [1.29, 1.82) is 0 Å². The highest BCUT2D eigenvalue weighted by atomic mass is 16.4. The van der Waals surface area contributed by atoms with Crippen LogP contribution in [-0.4, -0.2) is 17.7 Å². The molecular weight excluding hydrogens is 328 g/mol. The lowest BCUT2D eigenvalue weighted by molar-refractivity contribution is 0.146. The van der Waals surface area contributed by atoms with E-state index in [0.29, 0.717) is 5.76 Å². The number of carbonyl (C=O) groups excluding carboxylic acids is 1. The van der Waals surface area contributed by atoms with Crippen LogP contribution in [-0.2, 0) is 0 Å². The lowest BCUT2D eigenvalue weighted by Crippen LogP contribution is -2.40. The summed E-state index contributed by atoms with van der Waals surface area (Å²) in [7, 11) is 0. The molecule has 0 saturated heterocycles. The predicted octanol–water partition coefficient (Wildman–Crippen LogP) is 3.71. The minimum absolute atomic E-state index is 0.0646. The van der Waals surface area contributed by atoms with Crippen molar-refractivity contribution in [2.45, 2.75) is 19.1 Å². The number of urea groups is 1. The monoisotopic (exact) mass is 350 g/mol. The van der Waals surface area contributed by atoms with Gasteiger partial charge in [-0.2, -0.15) is 0 Å². The number of benzene rings is 2. The zero-order valence-electron chi connectivity index (χ0n) is 14.6. The Bertz CT molecular complexity index is 791. The van der Waals surface area contributed by atoms with Crippen LogP contribution in [0.2, 0.25) is 0 Å². The molecule has 3 rings (SSSR count). The van der Waals surface area contributed by atoms with Gasteiger partial charge in [0.05, 0.1) is 12.6 Å². The van der Waals surface area contributed by atoms with E-state index in [1.54, 1.807) is 19.1 Å². The standard InChI is InChI=1S/C21H22N2O3/c1-15-12-13-19(26-15)18(24)14-22-21(25)23-20(16-8-4-2-5-9-16)17-10-6-3-7-11-17/h2-13,18,20,24H,14H2,1H3,(H2,22,23,25). The maximum absolute atomic E-state index is 12.4. The summed E-state index contributed by atoms with van der Waals surface area (Å²) < 4.78 is 5.38. The summed E-state index contributed by atoms with van der Waals surface area (Å²) in [4.78, 5) is 12.4. The van der Waals surface area contributed by atoms with E-state index in [9.17, 15) is 9.90 Å². The van der Waals surface area contributed by atoms with Gasteiger partial charge in [-0.3, -0.25) is 0 Å². The van der Waals surface area contributed by atoms with E-state index in [-0.39, 0.29) is 18.6 Å². The van der Waals surface area contributed by atoms with Crippen LogP contribution in [0.5, 0.6) is 0 Å². The molecule has 0 radical (unpaired) electrons. The first-order valence-electron chi connectivity index (χ1n) is 8.52. The second kappa shape index (κ2) is 8.36. The summed E-state index contributed by atoms with van der Waals surface area (Å²) in [6, 6.07) is 22.4. The van der Waals surface area contributed by atoms with Gasteiger partial charge in [0.15, 0.2) is 0 Å². The van der Waals surface area contributed by atoms with Crippen molar-refractivity contribution in [2.75, 3.05) is 6.54 Å². The molecular formula is C21H22N2O3. The first-order chi connectivity index (χ1) is 12.6. The van der Waals surface area contributed by atoms with E-state index in [2.05, 4.69) is 10.6 Å². The van der Waals surface area contributed by atoms with Crippen LogP contribution in [0, 0.1) is 6.92 Å². The van der Waals surface area contributed by atoms with Crippen LogP contribution in [0.25, 0.3) is 0 Å². The average molecular weight is 350 g/mol. The van der Waals surface area contributed by atoms with E-state index in [4.69, 9.17) is 4.42 Å². The number of carbonyl (C=O) groups is 1. The molecule has 1 unspecified atom stereocenters. The van der Waals surface area contributed by atoms with Crippen LogP contribution in [0.1, 0.15) is 34.8 Å². The number of nitrogens with one attached hydrogen (secondary N) is 2. The Morgan fingerprint density at radius 2 is 1.54 bits per heavy atom. The van der Waals surface area contributed by atoms with Gasteiger partial charge in [-0.25, -0.2) is 4.79 Å². The molecule has 0 aliphatic heterocycles. The lowest BCUT2D eigenvalue weighted by atomic mass is 9.99. The zero-order valence-corrected chi connectivity index (χ0v) is 14.6. The smallest absolute Gasteiger partial charge is 0.315 e. The number of hydrogen-bond donors (Lipinski definition) is 3. The Morgan fingerprint density at radius 1 is 0.962 bits per heavy atom. The zero-order chi connectivity index (χ0) is 18.4. The van der Waals surface area contributed by atoms with Crippen molar-refractivity contribution in [3.8, 4) is 0 Å². The number of aryl methyl sites for hydroxylation is 1. The molecule has 0 spiro atoms. The normalized spacial score (nSPS) is 12.0. The number of aliphatic hydroxyl groups is 1. The van der Waals surface area contributed by atoms with Crippen molar-refractivity contribution in [3.63, 3.8) is 0 Å². The van der Waals surface area contributed by atoms with Gasteiger partial charge < -0.3 is 20.2 Å². The molecule has 134 valence electrons. The van der Waals surface area contributed by atoms with Crippen LogP contribution in [0.3, 0.4) is 0 Å². The van der Waals surface area contributed by atoms with Crippen molar-refractivity contribution in [3.05, 3.63) is 95.4 Å². The highest BCUT2D eigenvalue weighted by Gasteiger charge is 2.18. The van der Waals surface area contributed by atoms with Gasteiger partial charge in [0.1, 0.15) is 17.6 Å². The summed E-state index contributed by atoms with van der Waals surface area (Å²) in [5, 5.41) is 15.8. The summed E-state index contributed by atoms with van der Waals surface area (Å²) in [6.07, 6.45) is -0.888. The first kappa shape index (κ1) is 17.8. The SMILES string of the molecule is Cc1ccc(C(O)CNC(=O)NC(c2ccccc2)c2ccccc2)o1. The van der Waals surface area contributed by atoms with Gasteiger partial charge in [-0.05, 0) is 30.2 Å². The summed E-state index contributed by atoms with van der Waals surface area (Å²) >= 11 is 0. The van der Waals surface area contributed by atoms with E-state index in [0.717, 1.165) is 16.9 Å². The molecule has 1 atom stereocenters. The molecule has 0 bridgehead atoms. The number of hydrogen-bond acceptors (Lipinski definition) is 3. The van der Waals surface area contributed by atoms with Crippen molar-refractivity contribution in [2.24, 2.45) is 0 Å². The first-order valence-corrected chi connectivity index (χ1v) is 8.52. The van der Waals surface area contributed by atoms with Gasteiger partial charge >= 0.3 is 6.03 Å². The quantitative estimate of drug-likeness (QED) is 0.634. The molecule has 1 aromatic heterocycles. The summed E-state index contributed by atoms with van der Waals surface area (Å²) in [5.41, 5.74) is 1.96. The fourth-order valence-electron chi connectivity index (χ4n) is 2.75. The molecule has 2 amide bonds. The maximum Gasteiger partial charge on any atom is 0.315 e. The predicted molar refractivity (Wildman–Crippen MR) is 99.7 cm³/mol. The Labute approximate surface area is 152 Å². The molecule has 1 heterocycles. The highest BCUT2D eigenvalue weighted by molar-refractivity contribution is 5.75. The molecule has 5 heteroatoms. The summed E-state index contributed by atoms with van der Waals surface area (Å²) in [5.74, 6) is 1.15. The average Bonchev–Trinajstić information content (AvgIpc) is 3.12. The Morgan fingerprint density at radius 3 is 2.04 bits per heavy atom. The van der Waals surface area contributed by atoms with Gasteiger partial charge in [0.25, 0.3) is 0 Å². The van der Waals surface area contributed by atoms with E-state index in [1.807, 2.05) is 60.7 Å². The Balaban J connectivity index is 1.66. The van der Waals surface area contributed by atoms with Crippen LogP contribution >= 0.6 is 0 Å². The van der Waals surface area contributed by atoms with Crippen LogP contribution < -0.4 is 10.6 Å². The summed E-state index contributed by atoms with van der Waals surface area (Å²) in [6.45, 7) is 1.87. The molecule has 2 aromatic carbocycles. The lowest BCUT2D eigenvalue weighted by Gasteiger charge is -2.20. The van der Waals surface area contributed by atoms with Crippen molar-refractivity contribution >= 4 is 6.03 Å². The minimum Gasteiger partial charge on any atom is -0.464 e. The van der Waals surface area contributed by atoms with E-state index >= 15 is 0 Å². The topological polar surface area (TPSA) is 74.5 Å². The highest BCUT2D eigenvalue weighted by Crippen LogP contribution is 2.21. The fraction of sp³-hybridized carbons (Fsp3) is 0.190. The molecule has 3 N–H and O–H groups in total. The molecule has 3 aromatic rings. The Kier molecular flexibility index (Phi) is 5.71. The largest absolute Gasteiger partial charge is 0.464 e. The number of amides is 2. The van der Waals surface area contributed by atoms with Gasteiger partial charge in [-0.1, -0.05) is 60.7 Å². The fourth-order valence-corrected chi connectivity index (χ4v) is 2.75. The van der Waals surface area contributed by atoms with E-state index in [1.165, 1.54) is 0 Å². The maximum atomic E-state index is 12.4. The third-order valence-electron chi connectivity index (χ3n) is 4.09.